The van der Waals surface area contributed by atoms with Crippen molar-refractivity contribution in [3.63, 3.8) is 0 Å². The lowest BCUT2D eigenvalue weighted by Crippen LogP contribution is -2.52. The fourth-order valence-corrected chi connectivity index (χ4v) is 3.04. The SMILES string of the molecule is Cl.O=C(CCl)N1CCN(C2CCCCC2)CC1. The average molecular weight is 281 g/mol. The molecule has 100 valence electrons. The van der Waals surface area contributed by atoms with E-state index in [1.54, 1.807) is 0 Å². The summed E-state index contributed by atoms with van der Waals surface area (Å²) in [6.45, 7) is 3.80. The van der Waals surface area contributed by atoms with Crippen LogP contribution in [0.4, 0.5) is 0 Å². The summed E-state index contributed by atoms with van der Waals surface area (Å²) in [5.74, 6) is 0.216. The van der Waals surface area contributed by atoms with E-state index in [1.807, 2.05) is 4.90 Å². The van der Waals surface area contributed by atoms with Crippen molar-refractivity contribution in [2.45, 2.75) is 38.1 Å². The van der Waals surface area contributed by atoms with Gasteiger partial charge in [-0.05, 0) is 12.8 Å². The van der Waals surface area contributed by atoms with Crippen LogP contribution in [0.25, 0.3) is 0 Å². The lowest BCUT2D eigenvalue weighted by Gasteiger charge is -2.40. The van der Waals surface area contributed by atoms with Gasteiger partial charge in [-0.25, -0.2) is 0 Å². The first-order valence-electron chi connectivity index (χ1n) is 6.39. The molecule has 1 saturated carbocycles. The molecule has 1 aliphatic carbocycles. The van der Waals surface area contributed by atoms with Crippen LogP contribution in [-0.2, 0) is 4.79 Å². The molecule has 0 radical (unpaired) electrons. The summed E-state index contributed by atoms with van der Waals surface area (Å²) in [5.41, 5.74) is 0. The highest BCUT2D eigenvalue weighted by Gasteiger charge is 2.26. The van der Waals surface area contributed by atoms with E-state index in [9.17, 15) is 4.79 Å². The molecule has 1 saturated heterocycles. The molecular formula is C12H22Cl2N2O. The highest BCUT2D eigenvalue weighted by Crippen LogP contribution is 2.23. The lowest BCUT2D eigenvalue weighted by atomic mass is 9.94. The van der Waals surface area contributed by atoms with Gasteiger partial charge >= 0.3 is 0 Å². The molecule has 1 heterocycles. The van der Waals surface area contributed by atoms with Crippen LogP contribution in [-0.4, -0.2) is 53.8 Å². The Hall–Kier alpha value is 0.01000. The number of hydrogen-bond donors (Lipinski definition) is 0. The third-order valence-electron chi connectivity index (χ3n) is 3.87. The van der Waals surface area contributed by atoms with Crippen molar-refractivity contribution in [1.82, 2.24) is 9.80 Å². The van der Waals surface area contributed by atoms with Crippen molar-refractivity contribution in [1.29, 1.82) is 0 Å². The topological polar surface area (TPSA) is 23.6 Å². The molecule has 1 aliphatic heterocycles. The van der Waals surface area contributed by atoms with Gasteiger partial charge in [-0.2, -0.15) is 0 Å². The summed E-state index contributed by atoms with van der Waals surface area (Å²) in [7, 11) is 0. The molecule has 0 aromatic heterocycles. The number of rotatable bonds is 2. The number of halogens is 2. The minimum Gasteiger partial charge on any atom is -0.339 e. The van der Waals surface area contributed by atoms with Crippen molar-refractivity contribution in [2.24, 2.45) is 0 Å². The van der Waals surface area contributed by atoms with Gasteiger partial charge in [-0.1, -0.05) is 19.3 Å². The van der Waals surface area contributed by atoms with Gasteiger partial charge in [-0.3, -0.25) is 9.69 Å². The van der Waals surface area contributed by atoms with Crippen LogP contribution in [0.5, 0.6) is 0 Å². The maximum absolute atomic E-state index is 11.4. The number of piperazine rings is 1. The smallest absolute Gasteiger partial charge is 0.237 e. The molecular weight excluding hydrogens is 259 g/mol. The summed E-state index contributed by atoms with van der Waals surface area (Å²) in [5, 5.41) is 0. The van der Waals surface area contributed by atoms with E-state index in [2.05, 4.69) is 4.90 Å². The van der Waals surface area contributed by atoms with E-state index in [4.69, 9.17) is 11.6 Å². The van der Waals surface area contributed by atoms with E-state index in [0.717, 1.165) is 32.2 Å². The maximum Gasteiger partial charge on any atom is 0.237 e. The Balaban J connectivity index is 0.00000144. The fourth-order valence-electron chi connectivity index (χ4n) is 2.87. The number of alkyl halides is 1. The van der Waals surface area contributed by atoms with E-state index in [0.29, 0.717) is 0 Å². The van der Waals surface area contributed by atoms with Crippen molar-refractivity contribution in [3.05, 3.63) is 0 Å². The van der Waals surface area contributed by atoms with Gasteiger partial charge in [0.15, 0.2) is 0 Å². The molecule has 2 rings (SSSR count). The third kappa shape index (κ3) is 4.01. The first-order valence-corrected chi connectivity index (χ1v) is 6.92. The summed E-state index contributed by atoms with van der Waals surface area (Å²) in [6.07, 6.45) is 6.87. The predicted octanol–water partition coefficient (Wildman–Crippen LogP) is 2.12. The Bertz CT molecular complexity index is 237. The van der Waals surface area contributed by atoms with Gasteiger partial charge in [0.25, 0.3) is 0 Å². The summed E-state index contributed by atoms with van der Waals surface area (Å²) >= 11 is 5.57. The Morgan fingerprint density at radius 3 is 2.18 bits per heavy atom. The number of carbonyl (C=O) groups excluding carboxylic acids is 1. The van der Waals surface area contributed by atoms with Crippen LogP contribution in [0.1, 0.15) is 32.1 Å². The summed E-state index contributed by atoms with van der Waals surface area (Å²) in [6, 6.07) is 0.780. The predicted molar refractivity (Wildman–Crippen MR) is 73.0 cm³/mol. The highest BCUT2D eigenvalue weighted by atomic mass is 35.5. The van der Waals surface area contributed by atoms with E-state index in [-0.39, 0.29) is 24.2 Å². The molecule has 0 atom stereocenters. The molecule has 1 amide bonds. The zero-order valence-corrected chi connectivity index (χ0v) is 11.8. The van der Waals surface area contributed by atoms with Crippen molar-refractivity contribution in [3.8, 4) is 0 Å². The van der Waals surface area contributed by atoms with Gasteiger partial charge in [0.2, 0.25) is 5.91 Å². The molecule has 2 aliphatic rings. The van der Waals surface area contributed by atoms with Crippen LogP contribution in [0.3, 0.4) is 0 Å². The van der Waals surface area contributed by atoms with Gasteiger partial charge < -0.3 is 4.90 Å². The van der Waals surface area contributed by atoms with E-state index in [1.165, 1.54) is 32.1 Å². The summed E-state index contributed by atoms with van der Waals surface area (Å²) in [4.78, 5) is 15.9. The second kappa shape index (κ2) is 7.45. The Kier molecular flexibility index (Phi) is 6.60. The Labute approximate surface area is 115 Å². The first kappa shape index (κ1) is 15.1. The van der Waals surface area contributed by atoms with E-state index >= 15 is 0 Å². The number of carbonyl (C=O) groups is 1. The molecule has 0 N–H and O–H groups in total. The molecule has 0 aromatic carbocycles. The van der Waals surface area contributed by atoms with Gasteiger partial charge in [0.05, 0.1) is 0 Å². The quantitative estimate of drug-likeness (QED) is 0.724. The van der Waals surface area contributed by atoms with Crippen LogP contribution in [0.15, 0.2) is 0 Å². The van der Waals surface area contributed by atoms with Gasteiger partial charge in [-0.15, -0.1) is 24.0 Å². The normalized spacial score (nSPS) is 23.2. The van der Waals surface area contributed by atoms with Crippen LogP contribution in [0, 0.1) is 0 Å². The second-order valence-corrected chi connectivity index (χ2v) is 5.11. The Morgan fingerprint density at radius 1 is 1.06 bits per heavy atom. The largest absolute Gasteiger partial charge is 0.339 e. The molecule has 0 aromatic rings. The zero-order chi connectivity index (χ0) is 11.4. The number of hydrogen-bond acceptors (Lipinski definition) is 2. The minimum atomic E-state index is 0. The van der Waals surface area contributed by atoms with Gasteiger partial charge in [0.1, 0.15) is 5.88 Å². The molecule has 5 heteroatoms. The standard InChI is InChI=1S/C12H21ClN2O.ClH/c13-10-12(16)15-8-6-14(7-9-15)11-4-2-1-3-5-11;/h11H,1-10H2;1H. The van der Waals surface area contributed by atoms with Crippen molar-refractivity contribution in [2.75, 3.05) is 32.1 Å². The van der Waals surface area contributed by atoms with Crippen molar-refractivity contribution < 1.29 is 4.79 Å². The number of nitrogens with zero attached hydrogens (tertiary/aromatic N) is 2. The monoisotopic (exact) mass is 280 g/mol. The molecule has 3 nitrogen and oxygen atoms in total. The second-order valence-electron chi connectivity index (χ2n) is 4.84. The molecule has 0 spiro atoms. The highest BCUT2D eigenvalue weighted by molar-refractivity contribution is 6.27. The maximum atomic E-state index is 11.4. The fraction of sp³-hybridized carbons (Fsp3) is 0.917. The zero-order valence-electron chi connectivity index (χ0n) is 10.2. The first-order chi connectivity index (χ1) is 7.81. The van der Waals surface area contributed by atoms with Gasteiger partial charge in [0, 0.05) is 32.2 Å². The Morgan fingerprint density at radius 2 is 1.65 bits per heavy atom. The third-order valence-corrected chi connectivity index (χ3v) is 4.10. The molecule has 0 unspecified atom stereocenters. The summed E-state index contributed by atoms with van der Waals surface area (Å²) < 4.78 is 0. The van der Waals surface area contributed by atoms with E-state index < -0.39 is 0 Å². The van der Waals surface area contributed by atoms with Crippen molar-refractivity contribution >= 4 is 29.9 Å². The minimum absolute atomic E-state index is 0. The van der Waals surface area contributed by atoms with Crippen LogP contribution in [0.2, 0.25) is 0 Å². The molecule has 0 bridgehead atoms. The molecule has 17 heavy (non-hydrogen) atoms. The molecule has 2 fully saturated rings. The van der Waals surface area contributed by atoms with Crippen LogP contribution < -0.4 is 0 Å². The van der Waals surface area contributed by atoms with Crippen LogP contribution >= 0.6 is 24.0 Å². The number of amides is 1. The average Bonchev–Trinajstić information content (AvgIpc) is 2.39. The lowest BCUT2D eigenvalue weighted by molar-refractivity contribution is -0.130.